The zero-order chi connectivity index (χ0) is 14.3. The van der Waals surface area contributed by atoms with E-state index in [0.717, 1.165) is 23.7 Å². The van der Waals surface area contributed by atoms with E-state index in [9.17, 15) is 5.26 Å². The van der Waals surface area contributed by atoms with Crippen LogP contribution in [0.15, 0.2) is 11.3 Å². The zero-order valence-corrected chi connectivity index (χ0v) is 12.6. The molecule has 6 unspecified atom stereocenters. The molecule has 3 saturated carbocycles. The summed E-state index contributed by atoms with van der Waals surface area (Å²) in [5.41, 5.74) is 1.71. The van der Waals surface area contributed by atoms with Gasteiger partial charge >= 0.3 is 0 Å². The molecule has 0 amide bonds. The fraction of sp³-hybridized carbons (Fsp3) is 0.778. The maximum absolute atomic E-state index is 9.38. The second kappa shape index (κ2) is 5.25. The molecule has 0 radical (unpaired) electrons. The van der Waals surface area contributed by atoms with E-state index in [1.165, 1.54) is 44.1 Å². The predicted molar refractivity (Wildman–Crippen MR) is 79.2 cm³/mol. The van der Waals surface area contributed by atoms with Crippen molar-refractivity contribution in [3.8, 4) is 6.07 Å². The molecule has 106 valence electrons. The molecular formula is C18H24N2. The molecular weight excluding hydrogens is 244 g/mol. The topological polar surface area (TPSA) is 28.1 Å². The van der Waals surface area contributed by atoms with Crippen molar-refractivity contribution < 1.29 is 0 Å². The van der Waals surface area contributed by atoms with Gasteiger partial charge in [-0.1, -0.05) is 26.7 Å². The summed E-state index contributed by atoms with van der Waals surface area (Å²) in [6.45, 7) is 12.1. The van der Waals surface area contributed by atoms with E-state index < -0.39 is 0 Å². The number of nitrogens with zero attached hydrogens (tertiary/aromatic N) is 2. The summed E-state index contributed by atoms with van der Waals surface area (Å²) in [6, 6.07) is 2.21. The molecule has 20 heavy (non-hydrogen) atoms. The van der Waals surface area contributed by atoms with Crippen molar-refractivity contribution in [1.82, 2.24) is 0 Å². The van der Waals surface area contributed by atoms with Crippen molar-refractivity contribution in [2.75, 3.05) is 0 Å². The first-order chi connectivity index (χ1) is 9.65. The molecule has 0 saturated heterocycles. The highest BCUT2D eigenvalue weighted by Crippen LogP contribution is 2.59. The molecule has 2 heteroatoms. The van der Waals surface area contributed by atoms with Crippen LogP contribution >= 0.6 is 0 Å². The summed E-state index contributed by atoms with van der Waals surface area (Å²) in [5.74, 6) is 4.14. The highest BCUT2D eigenvalue weighted by atomic mass is 14.7. The third kappa shape index (κ3) is 2.07. The van der Waals surface area contributed by atoms with E-state index in [0.29, 0.717) is 17.5 Å². The van der Waals surface area contributed by atoms with Crippen molar-refractivity contribution in [3.63, 3.8) is 0 Å². The minimum atomic E-state index is 0.440. The first-order valence-corrected chi connectivity index (χ1v) is 8.17. The van der Waals surface area contributed by atoms with Crippen LogP contribution in [0.4, 0.5) is 0 Å². The van der Waals surface area contributed by atoms with Crippen LogP contribution in [0.25, 0.3) is 4.85 Å². The molecule has 3 aliphatic carbocycles. The van der Waals surface area contributed by atoms with E-state index in [-0.39, 0.29) is 0 Å². The van der Waals surface area contributed by atoms with Crippen LogP contribution < -0.4 is 0 Å². The lowest BCUT2D eigenvalue weighted by atomic mass is 9.70. The number of hydrogen-bond donors (Lipinski definition) is 0. The van der Waals surface area contributed by atoms with E-state index in [2.05, 4.69) is 24.8 Å². The van der Waals surface area contributed by atoms with Gasteiger partial charge in [-0.2, -0.15) is 0 Å². The molecule has 0 aromatic heterocycles. The van der Waals surface area contributed by atoms with Crippen LogP contribution in [0, 0.1) is 53.4 Å². The lowest BCUT2D eigenvalue weighted by Crippen LogP contribution is -2.26. The standard InChI is InChI=1S/C18H24N2/c1-11-4-6-13-14-7-5-12(2)9-16(14)18(15(13)8-11)17(10-19)20-3/h11-16H,4-9H2,1-2H3. The third-order valence-corrected chi connectivity index (χ3v) is 6.17. The smallest absolute Gasteiger partial charge is 0.227 e. The van der Waals surface area contributed by atoms with Gasteiger partial charge in [0.25, 0.3) is 5.70 Å². The fourth-order valence-corrected chi connectivity index (χ4v) is 5.33. The first kappa shape index (κ1) is 13.7. The van der Waals surface area contributed by atoms with Gasteiger partial charge in [-0.3, -0.25) is 0 Å². The molecule has 0 N–H and O–H groups in total. The van der Waals surface area contributed by atoms with Crippen molar-refractivity contribution in [2.45, 2.75) is 52.4 Å². The average Bonchev–Trinajstić information content (AvgIpc) is 2.74. The van der Waals surface area contributed by atoms with Crippen molar-refractivity contribution in [1.29, 1.82) is 5.26 Å². The molecule has 6 atom stereocenters. The minimum Gasteiger partial charge on any atom is -0.227 e. The van der Waals surface area contributed by atoms with E-state index in [1.807, 2.05) is 0 Å². The van der Waals surface area contributed by atoms with Gasteiger partial charge in [0.1, 0.15) is 0 Å². The van der Waals surface area contributed by atoms with E-state index >= 15 is 0 Å². The summed E-state index contributed by atoms with van der Waals surface area (Å²) < 4.78 is 0. The van der Waals surface area contributed by atoms with Crippen molar-refractivity contribution in [2.24, 2.45) is 35.5 Å². The number of hydrogen-bond acceptors (Lipinski definition) is 1. The molecule has 3 aliphatic rings. The number of fused-ring (bicyclic) bond motifs is 3. The summed E-state index contributed by atoms with van der Waals surface area (Å²) in [5, 5.41) is 9.38. The quantitative estimate of drug-likeness (QED) is 0.458. The Labute approximate surface area is 122 Å². The van der Waals surface area contributed by atoms with Crippen LogP contribution in [-0.4, -0.2) is 0 Å². The largest absolute Gasteiger partial charge is 0.261 e. The summed E-state index contributed by atoms with van der Waals surface area (Å²) >= 11 is 0. The van der Waals surface area contributed by atoms with Gasteiger partial charge in [0.2, 0.25) is 0 Å². The molecule has 0 heterocycles. The third-order valence-electron chi connectivity index (χ3n) is 6.17. The second-order valence-corrected chi connectivity index (χ2v) is 7.40. The number of rotatable bonds is 0. The Morgan fingerprint density at radius 2 is 1.55 bits per heavy atom. The molecule has 0 aromatic rings. The van der Waals surface area contributed by atoms with Gasteiger partial charge in [0, 0.05) is 0 Å². The van der Waals surface area contributed by atoms with Gasteiger partial charge in [-0.25, -0.2) is 10.1 Å². The van der Waals surface area contributed by atoms with Gasteiger partial charge in [-0.15, -0.1) is 0 Å². The van der Waals surface area contributed by atoms with E-state index in [1.54, 1.807) is 0 Å². The Morgan fingerprint density at radius 3 is 1.95 bits per heavy atom. The first-order valence-electron chi connectivity index (χ1n) is 8.17. The second-order valence-electron chi connectivity index (χ2n) is 7.40. The molecule has 3 fully saturated rings. The Kier molecular flexibility index (Phi) is 3.59. The minimum absolute atomic E-state index is 0.440. The lowest BCUT2D eigenvalue weighted by Gasteiger charge is -2.35. The van der Waals surface area contributed by atoms with Gasteiger partial charge in [-0.05, 0) is 66.8 Å². The lowest BCUT2D eigenvalue weighted by molar-refractivity contribution is 0.144. The maximum atomic E-state index is 9.38. The Morgan fingerprint density at radius 1 is 1.05 bits per heavy atom. The van der Waals surface area contributed by atoms with Crippen LogP contribution in [0.5, 0.6) is 0 Å². The zero-order valence-electron chi connectivity index (χ0n) is 12.6. The van der Waals surface area contributed by atoms with Crippen LogP contribution in [0.2, 0.25) is 0 Å². The molecule has 0 spiro atoms. The van der Waals surface area contributed by atoms with Crippen LogP contribution in [0.1, 0.15) is 52.4 Å². The van der Waals surface area contributed by atoms with Gasteiger partial charge < -0.3 is 0 Å². The van der Waals surface area contributed by atoms with Crippen LogP contribution in [0.3, 0.4) is 0 Å². The normalized spacial score (nSPS) is 43.1. The number of nitriles is 1. The van der Waals surface area contributed by atoms with Crippen LogP contribution in [-0.2, 0) is 0 Å². The molecule has 0 bridgehead atoms. The van der Waals surface area contributed by atoms with Gasteiger partial charge in [0.05, 0.1) is 12.6 Å². The SMILES string of the molecule is [C-]#[N+]C(C#N)=C1C2CC(C)CCC2C2CCC(C)CC12. The molecule has 2 nitrogen and oxygen atoms in total. The Hall–Kier alpha value is -1.28. The van der Waals surface area contributed by atoms with Crippen molar-refractivity contribution in [3.05, 3.63) is 22.7 Å². The predicted octanol–water partition coefficient (Wildman–Crippen LogP) is 4.80. The fourth-order valence-electron chi connectivity index (χ4n) is 5.33. The molecule has 3 rings (SSSR count). The Balaban J connectivity index is 2.03. The van der Waals surface area contributed by atoms with Gasteiger partial charge in [0.15, 0.2) is 0 Å². The summed E-state index contributed by atoms with van der Waals surface area (Å²) in [6.07, 6.45) is 7.74. The summed E-state index contributed by atoms with van der Waals surface area (Å²) in [4.78, 5) is 3.59. The number of allylic oxidation sites excluding steroid dienone is 2. The Bertz CT molecular complexity index is 460. The maximum Gasteiger partial charge on any atom is 0.261 e. The summed E-state index contributed by atoms with van der Waals surface area (Å²) in [7, 11) is 0. The molecule has 0 aromatic carbocycles. The molecule has 0 aliphatic heterocycles. The average molecular weight is 268 g/mol. The van der Waals surface area contributed by atoms with Crippen molar-refractivity contribution >= 4 is 0 Å². The monoisotopic (exact) mass is 268 g/mol. The van der Waals surface area contributed by atoms with E-state index in [4.69, 9.17) is 6.57 Å². The highest BCUT2D eigenvalue weighted by molar-refractivity contribution is 5.39. The highest BCUT2D eigenvalue weighted by Gasteiger charge is 2.50.